The number of hydrogen-bond donors (Lipinski definition) is 1. The number of nitrogens with zero attached hydrogens (tertiary/aromatic N) is 1. The zero-order chi connectivity index (χ0) is 15.1. The van der Waals surface area contributed by atoms with Crippen LogP contribution in [0.15, 0.2) is 30.3 Å². The molecule has 1 aromatic carbocycles. The van der Waals surface area contributed by atoms with Gasteiger partial charge in [0, 0.05) is 19.1 Å². The van der Waals surface area contributed by atoms with Crippen molar-refractivity contribution in [2.45, 2.75) is 40.2 Å². The van der Waals surface area contributed by atoms with Crippen molar-refractivity contribution in [3.05, 3.63) is 35.9 Å². The topological polar surface area (TPSA) is 46.3 Å². The second-order valence-corrected chi connectivity index (χ2v) is 5.62. The molecule has 0 aliphatic carbocycles. The molecule has 0 bridgehead atoms. The van der Waals surface area contributed by atoms with Crippen molar-refractivity contribution in [3.8, 4) is 0 Å². The number of benzene rings is 1. The van der Waals surface area contributed by atoms with Gasteiger partial charge < -0.3 is 10.6 Å². The summed E-state index contributed by atoms with van der Waals surface area (Å²) >= 11 is 0. The first kappa shape index (κ1) is 16.7. The van der Waals surface area contributed by atoms with Gasteiger partial charge in [-0.05, 0) is 18.4 Å². The predicted molar refractivity (Wildman–Crippen MR) is 84.2 cm³/mol. The molecule has 3 unspecified atom stereocenters. The molecule has 1 rings (SSSR count). The van der Waals surface area contributed by atoms with E-state index in [0.717, 1.165) is 25.1 Å². The smallest absolute Gasteiger partial charge is 0.227 e. The van der Waals surface area contributed by atoms with Gasteiger partial charge in [-0.1, -0.05) is 57.5 Å². The number of rotatable bonds is 7. The minimum absolute atomic E-state index is 0.157. The van der Waals surface area contributed by atoms with E-state index in [0.29, 0.717) is 5.92 Å². The summed E-state index contributed by atoms with van der Waals surface area (Å²) in [6.07, 6.45) is 1.09. The Balaban J connectivity index is 2.74. The largest absolute Gasteiger partial charge is 0.342 e. The number of carbonyl (C=O) groups is 1. The molecule has 1 amide bonds. The van der Waals surface area contributed by atoms with Gasteiger partial charge in [0.1, 0.15) is 0 Å². The quantitative estimate of drug-likeness (QED) is 0.831. The Morgan fingerprint density at radius 1 is 1.20 bits per heavy atom. The van der Waals surface area contributed by atoms with Gasteiger partial charge >= 0.3 is 0 Å². The van der Waals surface area contributed by atoms with Gasteiger partial charge in [0.15, 0.2) is 0 Å². The van der Waals surface area contributed by atoms with Gasteiger partial charge in [-0.3, -0.25) is 4.79 Å². The Morgan fingerprint density at radius 2 is 1.80 bits per heavy atom. The second kappa shape index (κ2) is 8.05. The molecular formula is C17H28N2O. The standard InChI is InChI=1S/C17H28N2O/c1-5-13(3)12-19(6-2)17(20)14(4)16(18)15-10-8-7-9-11-15/h7-11,13-14,16H,5-6,12,18H2,1-4H3. The van der Waals surface area contributed by atoms with Crippen LogP contribution in [0, 0.1) is 11.8 Å². The molecule has 0 fully saturated rings. The van der Waals surface area contributed by atoms with Gasteiger partial charge in [0.2, 0.25) is 5.91 Å². The van der Waals surface area contributed by atoms with Crippen molar-refractivity contribution < 1.29 is 4.79 Å². The van der Waals surface area contributed by atoms with E-state index in [2.05, 4.69) is 13.8 Å². The summed E-state index contributed by atoms with van der Waals surface area (Å²) in [5.74, 6) is 0.490. The van der Waals surface area contributed by atoms with Gasteiger partial charge in [-0.25, -0.2) is 0 Å². The van der Waals surface area contributed by atoms with Crippen LogP contribution in [0.1, 0.15) is 45.7 Å². The van der Waals surface area contributed by atoms with E-state index < -0.39 is 0 Å². The summed E-state index contributed by atoms with van der Waals surface area (Å²) in [6.45, 7) is 9.85. The van der Waals surface area contributed by atoms with Crippen molar-refractivity contribution in [2.24, 2.45) is 17.6 Å². The summed E-state index contributed by atoms with van der Waals surface area (Å²) in [6, 6.07) is 9.62. The van der Waals surface area contributed by atoms with Crippen LogP contribution < -0.4 is 5.73 Å². The van der Waals surface area contributed by atoms with E-state index in [1.165, 1.54) is 0 Å². The average Bonchev–Trinajstić information content (AvgIpc) is 2.50. The lowest BCUT2D eigenvalue weighted by Crippen LogP contribution is -2.41. The molecule has 0 aliphatic heterocycles. The third kappa shape index (κ3) is 4.34. The highest BCUT2D eigenvalue weighted by molar-refractivity contribution is 5.79. The Labute approximate surface area is 123 Å². The molecule has 20 heavy (non-hydrogen) atoms. The fourth-order valence-corrected chi connectivity index (χ4v) is 2.29. The van der Waals surface area contributed by atoms with E-state index in [1.807, 2.05) is 49.1 Å². The molecule has 0 radical (unpaired) electrons. The van der Waals surface area contributed by atoms with Crippen molar-refractivity contribution >= 4 is 5.91 Å². The lowest BCUT2D eigenvalue weighted by Gasteiger charge is -2.29. The maximum atomic E-state index is 12.6. The average molecular weight is 276 g/mol. The Kier molecular flexibility index (Phi) is 6.73. The molecule has 3 nitrogen and oxygen atoms in total. The van der Waals surface area contributed by atoms with Crippen LogP contribution in [-0.2, 0) is 4.79 Å². The number of hydrogen-bond acceptors (Lipinski definition) is 2. The van der Waals surface area contributed by atoms with Crippen LogP contribution in [0.2, 0.25) is 0 Å². The fraction of sp³-hybridized carbons (Fsp3) is 0.588. The number of carbonyl (C=O) groups excluding carboxylic acids is 1. The second-order valence-electron chi connectivity index (χ2n) is 5.62. The maximum Gasteiger partial charge on any atom is 0.227 e. The van der Waals surface area contributed by atoms with Crippen LogP contribution in [0.5, 0.6) is 0 Å². The minimum atomic E-state index is -0.241. The summed E-state index contributed by atoms with van der Waals surface area (Å²) in [7, 11) is 0. The number of amides is 1. The van der Waals surface area contributed by atoms with Gasteiger partial charge in [-0.15, -0.1) is 0 Å². The molecule has 3 heteroatoms. The van der Waals surface area contributed by atoms with Gasteiger partial charge in [-0.2, -0.15) is 0 Å². The normalized spacial score (nSPS) is 15.4. The molecule has 0 heterocycles. The molecule has 0 aliphatic rings. The van der Waals surface area contributed by atoms with E-state index in [1.54, 1.807) is 0 Å². The van der Waals surface area contributed by atoms with Gasteiger partial charge in [0.25, 0.3) is 0 Å². The SMILES string of the molecule is CCC(C)CN(CC)C(=O)C(C)C(N)c1ccccc1. The van der Waals surface area contributed by atoms with Crippen molar-refractivity contribution in [1.82, 2.24) is 4.90 Å². The molecule has 0 saturated carbocycles. The molecule has 1 aromatic rings. The predicted octanol–water partition coefficient (Wildman–Crippen LogP) is 3.22. The molecule has 0 aromatic heterocycles. The molecule has 2 N–H and O–H groups in total. The lowest BCUT2D eigenvalue weighted by atomic mass is 9.93. The molecule has 0 saturated heterocycles. The molecule has 112 valence electrons. The summed E-state index contributed by atoms with van der Waals surface area (Å²) in [5, 5.41) is 0. The van der Waals surface area contributed by atoms with Crippen LogP contribution in [0.3, 0.4) is 0 Å². The maximum absolute atomic E-state index is 12.6. The van der Waals surface area contributed by atoms with E-state index in [9.17, 15) is 4.79 Å². The first-order valence-corrected chi connectivity index (χ1v) is 7.60. The number of nitrogens with two attached hydrogens (primary N) is 1. The van der Waals surface area contributed by atoms with Gasteiger partial charge in [0.05, 0.1) is 5.92 Å². The van der Waals surface area contributed by atoms with Crippen LogP contribution in [0.4, 0.5) is 0 Å². The Bertz CT molecular complexity index is 405. The lowest BCUT2D eigenvalue weighted by molar-refractivity contribution is -0.136. The Hall–Kier alpha value is -1.35. The van der Waals surface area contributed by atoms with Crippen LogP contribution in [0.25, 0.3) is 0 Å². The minimum Gasteiger partial charge on any atom is -0.342 e. The fourth-order valence-electron chi connectivity index (χ4n) is 2.29. The first-order chi connectivity index (χ1) is 9.51. The highest BCUT2D eigenvalue weighted by Crippen LogP contribution is 2.21. The van der Waals surface area contributed by atoms with E-state index >= 15 is 0 Å². The van der Waals surface area contributed by atoms with Crippen molar-refractivity contribution in [1.29, 1.82) is 0 Å². The summed E-state index contributed by atoms with van der Waals surface area (Å²) < 4.78 is 0. The van der Waals surface area contributed by atoms with E-state index in [-0.39, 0.29) is 17.9 Å². The first-order valence-electron chi connectivity index (χ1n) is 7.60. The van der Waals surface area contributed by atoms with Crippen LogP contribution >= 0.6 is 0 Å². The molecule has 3 atom stereocenters. The van der Waals surface area contributed by atoms with Crippen molar-refractivity contribution in [2.75, 3.05) is 13.1 Å². The third-order valence-corrected chi connectivity index (χ3v) is 4.04. The highest BCUT2D eigenvalue weighted by atomic mass is 16.2. The zero-order valence-corrected chi connectivity index (χ0v) is 13.2. The molecule has 0 spiro atoms. The van der Waals surface area contributed by atoms with Crippen LogP contribution in [-0.4, -0.2) is 23.9 Å². The highest BCUT2D eigenvalue weighted by Gasteiger charge is 2.26. The third-order valence-electron chi connectivity index (χ3n) is 4.04. The zero-order valence-electron chi connectivity index (χ0n) is 13.2. The monoisotopic (exact) mass is 276 g/mol. The summed E-state index contributed by atoms with van der Waals surface area (Å²) in [5.41, 5.74) is 7.27. The summed E-state index contributed by atoms with van der Waals surface area (Å²) in [4.78, 5) is 14.5. The Morgan fingerprint density at radius 3 is 2.30 bits per heavy atom. The van der Waals surface area contributed by atoms with Crippen molar-refractivity contribution in [3.63, 3.8) is 0 Å². The van der Waals surface area contributed by atoms with E-state index in [4.69, 9.17) is 5.73 Å². The molecular weight excluding hydrogens is 248 g/mol.